The van der Waals surface area contributed by atoms with Gasteiger partial charge in [-0.1, -0.05) is 24.3 Å². The zero-order valence-corrected chi connectivity index (χ0v) is 10.7. The van der Waals surface area contributed by atoms with E-state index in [2.05, 4.69) is 24.3 Å². The molecule has 0 amide bonds. The van der Waals surface area contributed by atoms with Crippen molar-refractivity contribution < 1.29 is 8.83 Å². The Morgan fingerprint density at radius 2 is 1.05 bits per heavy atom. The first-order chi connectivity index (χ1) is 9.92. The van der Waals surface area contributed by atoms with Gasteiger partial charge in [0.15, 0.2) is 0 Å². The zero-order chi connectivity index (χ0) is 13.4. The van der Waals surface area contributed by atoms with Crippen LogP contribution in [0.4, 0.5) is 0 Å². The van der Waals surface area contributed by atoms with E-state index in [9.17, 15) is 0 Å². The largest absolute Gasteiger partial charge is 0.464 e. The molecule has 0 aliphatic rings. The van der Waals surface area contributed by atoms with Crippen molar-refractivity contribution in [3.8, 4) is 22.6 Å². The number of rotatable bonds is 2. The van der Waals surface area contributed by atoms with Gasteiger partial charge in [-0.25, -0.2) is 0 Å². The van der Waals surface area contributed by atoms with Gasteiger partial charge >= 0.3 is 0 Å². The van der Waals surface area contributed by atoms with Crippen molar-refractivity contribution >= 4 is 10.8 Å². The van der Waals surface area contributed by atoms with Crippen molar-refractivity contribution in [2.45, 2.75) is 0 Å². The van der Waals surface area contributed by atoms with Crippen molar-refractivity contribution in [3.05, 3.63) is 73.2 Å². The number of hydrogen-bond donors (Lipinski definition) is 0. The molecule has 0 aliphatic carbocycles. The molecule has 4 rings (SSSR count). The van der Waals surface area contributed by atoms with Gasteiger partial charge in [0.05, 0.1) is 12.5 Å². The molecule has 0 spiro atoms. The van der Waals surface area contributed by atoms with Crippen LogP contribution in [-0.4, -0.2) is 0 Å². The molecule has 0 saturated carbocycles. The molecule has 2 aromatic carbocycles. The fourth-order valence-electron chi connectivity index (χ4n) is 2.51. The summed E-state index contributed by atoms with van der Waals surface area (Å²) in [6.45, 7) is 0. The Labute approximate surface area is 116 Å². The average Bonchev–Trinajstić information content (AvgIpc) is 3.19. The molecule has 0 radical (unpaired) electrons. The van der Waals surface area contributed by atoms with Crippen molar-refractivity contribution in [2.75, 3.05) is 0 Å². The summed E-state index contributed by atoms with van der Waals surface area (Å²) in [5, 5.41) is 2.38. The first-order valence-electron chi connectivity index (χ1n) is 6.52. The zero-order valence-electron chi connectivity index (χ0n) is 10.7. The second kappa shape index (κ2) is 4.42. The van der Waals surface area contributed by atoms with Gasteiger partial charge in [0.25, 0.3) is 0 Å². The highest BCUT2D eigenvalue weighted by molar-refractivity contribution is 5.94. The molecule has 0 bridgehead atoms. The molecule has 0 N–H and O–H groups in total. The van der Waals surface area contributed by atoms with Gasteiger partial charge in [-0.05, 0) is 47.2 Å². The van der Waals surface area contributed by atoms with Gasteiger partial charge in [0.1, 0.15) is 11.5 Å². The monoisotopic (exact) mass is 260 g/mol. The Hall–Kier alpha value is -2.74. The summed E-state index contributed by atoms with van der Waals surface area (Å²) in [7, 11) is 0. The molecule has 0 fully saturated rings. The van der Waals surface area contributed by atoms with Crippen LogP contribution in [0.15, 0.2) is 82.0 Å². The Balaban J connectivity index is 2.06. The van der Waals surface area contributed by atoms with Crippen LogP contribution >= 0.6 is 0 Å². The van der Waals surface area contributed by atoms with Crippen molar-refractivity contribution in [2.24, 2.45) is 0 Å². The van der Waals surface area contributed by atoms with Gasteiger partial charge in [0, 0.05) is 11.1 Å². The molecule has 20 heavy (non-hydrogen) atoms. The van der Waals surface area contributed by atoms with Crippen LogP contribution < -0.4 is 0 Å². The first-order valence-corrected chi connectivity index (χ1v) is 6.52. The summed E-state index contributed by atoms with van der Waals surface area (Å²) in [5.41, 5.74) is 2.09. The third kappa shape index (κ3) is 1.74. The number of hydrogen-bond acceptors (Lipinski definition) is 2. The lowest BCUT2D eigenvalue weighted by Gasteiger charge is -2.08. The van der Waals surface area contributed by atoms with E-state index in [-0.39, 0.29) is 0 Å². The highest BCUT2D eigenvalue weighted by atomic mass is 16.3. The second-order valence-corrected chi connectivity index (χ2v) is 4.70. The summed E-state index contributed by atoms with van der Waals surface area (Å²) >= 11 is 0. The molecule has 2 nitrogen and oxygen atoms in total. The highest BCUT2D eigenvalue weighted by Crippen LogP contribution is 2.36. The van der Waals surface area contributed by atoms with Gasteiger partial charge in [-0.15, -0.1) is 0 Å². The van der Waals surface area contributed by atoms with Crippen LogP contribution in [0.3, 0.4) is 0 Å². The molecule has 0 atom stereocenters. The van der Waals surface area contributed by atoms with Crippen LogP contribution in [0.1, 0.15) is 0 Å². The predicted molar refractivity (Wildman–Crippen MR) is 79.4 cm³/mol. The number of furan rings is 2. The number of fused-ring (bicyclic) bond motifs is 1. The van der Waals surface area contributed by atoms with E-state index in [0.717, 1.165) is 22.6 Å². The smallest absolute Gasteiger partial charge is 0.134 e. The lowest BCUT2D eigenvalue weighted by Crippen LogP contribution is -1.84. The van der Waals surface area contributed by atoms with E-state index in [1.807, 2.05) is 36.4 Å². The van der Waals surface area contributed by atoms with Crippen molar-refractivity contribution in [3.63, 3.8) is 0 Å². The third-order valence-electron chi connectivity index (χ3n) is 3.46. The fourth-order valence-corrected chi connectivity index (χ4v) is 2.51. The average molecular weight is 260 g/mol. The molecule has 0 aliphatic heterocycles. The summed E-state index contributed by atoms with van der Waals surface area (Å²) in [6, 6.07) is 20.3. The standard InChI is InChI=1S/C18H12O2/c1-2-6-14-12-16(18-8-4-10-20-18)15(11-13(14)5-1)17-7-3-9-19-17/h1-12H. The van der Waals surface area contributed by atoms with E-state index in [1.165, 1.54) is 10.8 Å². The van der Waals surface area contributed by atoms with Crippen LogP contribution in [0.2, 0.25) is 0 Å². The summed E-state index contributed by atoms with van der Waals surface area (Å²) < 4.78 is 11.1. The van der Waals surface area contributed by atoms with Gasteiger partial charge in [-0.2, -0.15) is 0 Å². The molecule has 0 saturated heterocycles. The van der Waals surface area contributed by atoms with E-state index >= 15 is 0 Å². The summed E-state index contributed by atoms with van der Waals surface area (Å²) in [5.74, 6) is 1.70. The maximum Gasteiger partial charge on any atom is 0.134 e. The maximum atomic E-state index is 5.57. The lowest BCUT2D eigenvalue weighted by molar-refractivity contribution is 0.576. The van der Waals surface area contributed by atoms with Gasteiger partial charge in [-0.3, -0.25) is 0 Å². The SMILES string of the molecule is c1coc(-c2cc3ccccc3cc2-c2ccco2)c1. The topological polar surface area (TPSA) is 26.3 Å². The van der Waals surface area contributed by atoms with Crippen LogP contribution in [0.25, 0.3) is 33.4 Å². The van der Waals surface area contributed by atoms with Crippen LogP contribution in [-0.2, 0) is 0 Å². The van der Waals surface area contributed by atoms with Gasteiger partial charge in [0.2, 0.25) is 0 Å². The predicted octanol–water partition coefficient (Wildman–Crippen LogP) is 5.36. The summed E-state index contributed by atoms with van der Waals surface area (Å²) in [6.07, 6.45) is 3.38. The normalized spacial score (nSPS) is 11.0. The van der Waals surface area contributed by atoms with Crippen LogP contribution in [0.5, 0.6) is 0 Å². The van der Waals surface area contributed by atoms with E-state index in [4.69, 9.17) is 8.83 Å². The molecule has 96 valence electrons. The minimum absolute atomic E-state index is 0.849. The quantitative estimate of drug-likeness (QED) is 0.485. The fraction of sp³-hybridized carbons (Fsp3) is 0. The highest BCUT2D eigenvalue weighted by Gasteiger charge is 2.13. The molecule has 2 heterocycles. The van der Waals surface area contributed by atoms with Crippen molar-refractivity contribution in [1.82, 2.24) is 0 Å². The van der Waals surface area contributed by atoms with Gasteiger partial charge < -0.3 is 8.83 Å². The molecular formula is C18H12O2. The van der Waals surface area contributed by atoms with E-state index < -0.39 is 0 Å². The Morgan fingerprint density at radius 1 is 0.550 bits per heavy atom. The third-order valence-corrected chi connectivity index (χ3v) is 3.46. The molecule has 4 aromatic rings. The molecule has 0 unspecified atom stereocenters. The Bertz CT molecular complexity index is 768. The minimum atomic E-state index is 0.849. The minimum Gasteiger partial charge on any atom is -0.464 e. The van der Waals surface area contributed by atoms with E-state index in [0.29, 0.717) is 0 Å². The summed E-state index contributed by atoms with van der Waals surface area (Å²) in [4.78, 5) is 0. The molecular weight excluding hydrogens is 248 g/mol. The second-order valence-electron chi connectivity index (χ2n) is 4.70. The first kappa shape index (κ1) is 11.1. The Morgan fingerprint density at radius 3 is 1.45 bits per heavy atom. The maximum absolute atomic E-state index is 5.57. The molecule has 2 aromatic heterocycles. The Kier molecular flexibility index (Phi) is 2.46. The van der Waals surface area contributed by atoms with Crippen molar-refractivity contribution in [1.29, 1.82) is 0 Å². The van der Waals surface area contributed by atoms with Crippen LogP contribution in [0, 0.1) is 0 Å². The molecule has 2 heteroatoms. The van der Waals surface area contributed by atoms with E-state index in [1.54, 1.807) is 12.5 Å². The lowest BCUT2D eigenvalue weighted by atomic mass is 9.98. The number of benzene rings is 2.